The van der Waals surface area contributed by atoms with Gasteiger partial charge in [0.15, 0.2) is 5.82 Å². The Morgan fingerprint density at radius 2 is 0.804 bits per heavy atom. The molecule has 0 saturated heterocycles. The van der Waals surface area contributed by atoms with Gasteiger partial charge in [-0.25, -0.2) is 15.0 Å². The van der Waals surface area contributed by atoms with Crippen molar-refractivity contribution in [2.24, 2.45) is 0 Å². The quantitative estimate of drug-likeness (QED) is 0.172. The van der Waals surface area contributed by atoms with Crippen molar-refractivity contribution in [2.75, 3.05) is 0 Å². The maximum absolute atomic E-state index is 5.38. The number of aromatic nitrogens is 4. The van der Waals surface area contributed by atoms with E-state index in [-0.39, 0.29) is 0 Å². The van der Waals surface area contributed by atoms with Crippen LogP contribution in [0.2, 0.25) is 0 Å². The van der Waals surface area contributed by atoms with Crippen molar-refractivity contribution >= 4 is 11.0 Å². The van der Waals surface area contributed by atoms with Gasteiger partial charge in [0, 0.05) is 33.5 Å². The van der Waals surface area contributed by atoms with E-state index in [0.717, 1.165) is 78.4 Å². The third-order valence-corrected chi connectivity index (χ3v) is 9.23. The summed E-state index contributed by atoms with van der Waals surface area (Å²) >= 11 is 0. The Morgan fingerprint density at radius 3 is 1.33 bits per heavy atom. The van der Waals surface area contributed by atoms with Gasteiger partial charge in [-0.15, -0.1) is 0 Å². The van der Waals surface area contributed by atoms with E-state index in [0.29, 0.717) is 5.82 Å². The fourth-order valence-electron chi connectivity index (χ4n) is 6.70. The van der Waals surface area contributed by atoms with Gasteiger partial charge in [0.25, 0.3) is 0 Å². The van der Waals surface area contributed by atoms with Crippen LogP contribution in [0, 0.1) is 0 Å². The highest BCUT2D eigenvalue weighted by atomic mass is 15.1. The summed E-state index contributed by atoms with van der Waals surface area (Å²) in [6, 6.07) is 67.3. The molecule has 0 radical (unpaired) electrons. The lowest BCUT2D eigenvalue weighted by Crippen LogP contribution is -1.99. The summed E-state index contributed by atoms with van der Waals surface area (Å²) in [5, 5.41) is 0. The van der Waals surface area contributed by atoms with Gasteiger partial charge in [-0.3, -0.25) is 4.57 Å². The largest absolute Gasteiger partial charge is 0.292 e. The molecule has 2 heterocycles. The highest BCUT2D eigenvalue weighted by Gasteiger charge is 2.20. The van der Waals surface area contributed by atoms with Crippen LogP contribution >= 0.6 is 0 Å². The van der Waals surface area contributed by atoms with Gasteiger partial charge in [0.2, 0.25) is 0 Å². The van der Waals surface area contributed by atoms with E-state index in [1.54, 1.807) is 0 Å². The molecular formula is C47H32N4. The van der Waals surface area contributed by atoms with Crippen molar-refractivity contribution < 1.29 is 0 Å². The van der Waals surface area contributed by atoms with Crippen LogP contribution in [0.15, 0.2) is 194 Å². The molecule has 0 unspecified atom stereocenters. The number of rotatable bonds is 7. The van der Waals surface area contributed by atoms with Gasteiger partial charge in [0.05, 0.1) is 22.4 Å². The first-order valence-corrected chi connectivity index (χ1v) is 17.1. The molecule has 2 aromatic heterocycles. The SMILES string of the molecule is c1ccc(-c2cc(-c3ccccc3)c3nc(-c4ccccc4)n(-c4ccc(-c5nc(-c6ccccc6)cc(-c6ccccc6)n5)cc4)c3c2)cc1. The zero-order valence-electron chi connectivity index (χ0n) is 27.8. The molecular weight excluding hydrogens is 621 g/mol. The predicted molar refractivity (Wildman–Crippen MR) is 209 cm³/mol. The van der Waals surface area contributed by atoms with Crippen LogP contribution in [0.5, 0.6) is 0 Å². The molecule has 7 aromatic carbocycles. The summed E-state index contributed by atoms with van der Waals surface area (Å²) in [5.74, 6) is 1.56. The number of hydrogen-bond donors (Lipinski definition) is 0. The van der Waals surface area contributed by atoms with Crippen LogP contribution in [0.3, 0.4) is 0 Å². The Hall–Kier alpha value is -6.91. The minimum atomic E-state index is 0.679. The molecule has 0 aliphatic rings. The molecule has 4 heteroatoms. The summed E-state index contributed by atoms with van der Waals surface area (Å²) in [7, 11) is 0. The van der Waals surface area contributed by atoms with E-state index in [2.05, 4.69) is 156 Å². The number of hydrogen-bond acceptors (Lipinski definition) is 3. The molecule has 0 bridgehead atoms. The van der Waals surface area contributed by atoms with Crippen LogP contribution in [-0.4, -0.2) is 19.5 Å². The Labute approximate surface area is 297 Å². The van der Waals surface area contributed by atoms with Crippen LogP contribution in [0.4, 0.5) is 0 Å². The molecule has 0 saturated carbocycles. The number of imidazole rings is 1. The van der Waals surface area contributed by atoms with Crippen LogP contribution in [-0.2, 0) is 0 Å². The normalized spacial score (nSPS) is 11.1. The number of benzene rings is 7. The molecule has 9 aromatic rings. The fourth-order valence-corrected chi connectivity index (χ4v) is 6.70. The summed E-state index contributed by atoms with van der Waals surface area (Å²) in [6.45, 7) is 0. The second kappa shape index (κ2) is 13.2. The van der Waals surface area contributed by atoms with E-state index in [1.807, 2.05) is 42.5 Å². The third-order valence-electron chi connectivity index (χ3n) is 9.23. The van der Waals surface area contributed by atoms with Gasteiger partial charge in [0.1, 0.15) is 5.82 Å². The monoisotopic (exact) mass is 652 g/mol. The first-order valence-electron chi connectivity index (χ1n) is 17.1. The van der Waals surface area contributed by atoms with Crippen molar-refractivity contribution in [3.63, 3.8) is 0 Å². The van der Waals surface area contributed by atoms with Crippen LogP contribution in [0.25, 0.3) is 84.3 Å². The lowest BCUT2D eigenvalue weighted by molar-refractivity contribution is 1.10. The lowest BCUT2D eigenvalue weighted by atomic mass is 9.97. The van der Waals surface area contributed by atoms with Gasteiger partial charge in [-0.2, -0.15) is 0 Å². The number of nitrogens with zero attached hydrogens (tertiary/aromatic N) is 4. The van der Waals surface area contributed by atoms with Gasteiger partial charge in [-0.1, -0.05) is 152 Å². The highest BCUT2D eigenvalue weighted by Crippen LogP contribution is 2.38. The molecule has 4 nitrogen and oxygen atoms in total. The molecule has 240 valence electrons. The topological polar surface area (TPSA) is 43.6 Å². The van der Waals surface area contributed by atoms with Crippen LogP contribution < -0.4 is 0 Å². The van der Waals surface area contributed by atoms with Gasteiger partial charge in [-0.05, 0) is 59.2 Å². The zero-order chi connectivity index (χ0) is 34.0. The maximum Gasteiger partial charge on any atom is 0.160 e. The average Bonchev–Trinajstić information content (AvgIpc) is 3.62. The molecule has 0 aliphatic carbocycles. The maximum atomic E-state index is 5.38. The van der Waals surface area contributed by atoms with Crippen molar-refractivity contribution in [1.29, 1.82) is 0 Å². The molecule has 0 N–H and O–H groups in total. The summed E-state index contributed by atoms with van der Waals surface area (Å²) in [5.41, 5.74) is 13.4. The molecule has 0 atom stereocenters. The lowest BCUT2D eigenvalue weighted by Gasteiger charge is -2.13. The second-order valence-corrected chi connectivity index (χ2v) is 12.5. The van der Waals surface area contributed by atoms with Gasteiger partial charge < -0.3 is 0 Å². The number of fused-ring (bicyclic) bond motifs is 1. The standard InChI is InChI=1S/C47H32N4/c1-6-16-33(17-7-1)39-30-41(34-18-8-2-9-19-34)45-44(31-39)51(47(50-45)38-24-14-5-15-25-38)40-28-26-37(27-29-40)46-48-42(35-20-10-3-11-21-35)32-43(49-46)36-22-12-4-13-23-36/h1-32H. The second-order valence-electron chi connectivity index (χ2n) is 12.5. The van der Waals surface area contributed by atoms with Gasteiger partial charge >= 0.3 is 0 Å². The third kappa shape index (κ3) is 5.90. The van der Waals surface area contributed by atoms with E-state index >= 15 is 0 Å². The van der Waals surface area contributed by atoms with E-state index in [9.17, 15) is 0 Å². The smallest absolute Gasteiger partial charge is 0.160 e. The highest BCUT2D eigenvalue weighted by molar-refractivity contribution is 5.99. The molecule has 9 rings (SSSR count). The Kier molecular flexibility index (Phi) is 7.80. The van der Waals surface area contributed by atoms with Crippen LogP contribution in [0.1, 0.15) is 0 Å². The zero-order valence-corrected chi connectivity index (χ0v) is 27.8. The van der Waals surface area contributed by atoms with E-state index < -0.39 is 0 Å². The van der Waals surface area contributed by atoms with Crippen molar-refractivity contribution in [1.82, 2.24) is 19.5 Å². The molecule has 0 spiro atoms. The fraction of sp³-hybridized carbons (Fsp3) is 0. The predicted octanol–water partition coefficient (Wildman–Crippen LogP) is 11.8. The summed E-state index contributed by atoms with van der Waals surface area (Å²) < 4.78 is 2.28. The summed E-state index contributed by atoms with van der Waals surface area (Å²) in [4.78, 5) is 15.5. The Bertz CT molecular complexity index is 2520. The van der Waals surface area contributed by atoms with E-state index in [4.69, 9.17) is 15.0 Å². The van der Waals surface area contributed by atoms with Crippen molar-refractivity contribution in [3.8, 4) is 73.2 Å². The van der Waals surface area contributed by atoms with Crippen molar-refractivity contribution in [3.05, 3.63) is 194 Å². The minimum Gasteiger partial charge on any atom is -0.292 e. The minimum absolute atomic E-state index is 0.679. The molecule has 0 amide bonds. The molecule has 0 aliphatic heterocycles. The molecule has 51 heavy (non-hydrogen) atoms. The first-order chi connectivity index (χ1) is 25.3. The van der Waals surface area contributed by atoms with Crippen molar-refractivity contribution in [2.45, 2.75) is 0 Å². The Balaban J connectivity index is 1.24. The first kappa shape index (κ1) is 30.2. The summed E-state index contributed by atoms with van der Waals surface area (Å²) in [6.07, 6.45) is 0. The van der Waals surface area contributed by atoms with E-state index in [1.165, 1.54) is 0 Å². The Morgan fingerprint density at radius 1 is 0.333 bits per heavy atom. The molecule has 0 fully saturated rings. The average molecular weight is 653 g/mol.